The highest BCUT2D eigenvalue weighted by molar-refractivity contribution is 6.40. The van der Waals surface area contributed by atoms with Gasteiger partial charge in [0.05, 0.1) is 17.2 Å². The van der Waals surface area contributed by atoms with Crippen molar-refractivity contribution in [2.75, 3.05) is 18.4 Å². The number of likely N-dealkylation sites (tertiary alicyclic amines) is 1. The molecule has 1 saturated heterocycles. The number of halogens is 4. The van der Waals surface area contributed by atoms with Gasteiger partial charge in [-0.25, -0.2) is 0 Å². The normalized spacial score (nSPS) is 15.8. The van der Waals surface area contributed by atoms with Crippen molar-refractivity contribution in [1.82, 2.24) is 4.90 Å². The van der Waals surface area contributed by atoms with E-state index in [1.807, 2.05) is 5.32 Å². The standard InChI is InChI=1S/C15H14ClF3N2O4/c16-9-1-2-10(15(17,18)19)11(7-9)20-12(22)13(23)21-5-3-8(4-6-21)14(24)25/h1-2,7-8H,3-6H2,(H,20,22)(H,24,25). The van der Waals surface area contributed by atoms with Crippen molar-refractivity contribution in [3.63, 3.8) is 0 Å². The van der Waals surface area contributed by atoms with E-state index < -0.39 is 41.1 Å². The Kier molecular flexibility index (Phi) is 5.56. The maximum Gasteiger partial charge on any atom is 0.418 e. The lowest BCUT2D eigenvalue weighted by Gasteiger charge is -2.29. The van der Waals surface area contributed by atoms with Crippen LogP contribution in [0.5, 0.6) is 0 Å². The highest BCUT2D eigenvalue weighted by Gasteiger charge is 2.35. The second-order valence-electron chi connectivity index (χ2n) is 5.55. The fourth-order valence-electron chi connectivity index (χ4n) is 2.52. The van der Waals surface area contributed by atoms with Crippen LogP contribution >= 0.6 is 11.6 Å². The molecule has 1 fully saturated rings. The molecular weight excluding hydrogens is 365 g/mol. The molecule has 1 aromatic carbocycles. The molecule has 1 heterocycles. The van der Waals surface area contributed by atoms with Gasteiger partial charge in [0.1, 0.15) is 0 Å². The summed E-state index contributed by atoms with van der Waals surface area (Å²) in [6, 6.07) is 2.64. The summed E-state index contributed by atoms with van der Waals surface area (Å²) < 4.78 is 38.9. The Morgan fingerprint density at radius 1 is 1.20 bits per heavy atom. The maximum absolute atomic E-state index is 13.0. The van der Waals surface area contributed by atoms with Crippen molar-refractivity contribution in [3.05, 3.63) is 28.8 Å². The Morgan fingerprint density at radius 2 is 1.80 bits per heavy atom. The predicted octanol–water partition coefficient (Wildman–Crippen LogP) is 2.62. The molecule has 1 aromatic rings. The Labute approximate surface area is 145 Å². The molecule has 6 nitrogen and oxygen atoms in total. The topological polar surface area (TPSA) is 86.7 Å². The Morgan fingerprint density at radius 3 is 2.32 bits per heavy atom. The average molecular weight is 379 g/mol. The van der Waals surface area contributed by atoms with Crippen LogP contribution in [-0.2, 0) is 20.6 Å². The fraction of sp³-hybridized carbons (Fsp3) is 0.400. The summed E-state index contributed by atoms with van der Waals surface area (Å²) >= 11 is 5.65. The van der Waals surface area contributed by atoms with Crippen LogP contribution in [0.2, 0.25) is 5.02 Å². The van der Waals surface area contributed by atoms with Crippen molar-refractivity contribution >= 4 is 35.1 Å². The van der Waals surface area contributed by atoms with Gasteiger partial charge >= 0.3 is 24.0 Å². The first-order valence-electron chi connectivity index (χ1n) is 7.29. The molecule has 2 rings (SSSR count). The maximum atomic E-state index is 13.0. The smallest absolute Gasteiger partial charge is 0.418 e. The molecule has 0 aliphatic carbocycles. The van der Waals surface area contributed by atoms with Gasteiger partial charge in [0, 0.05) is 18.1 Å². The van der Waals surface area contributed by atoms with Crippen molar-refractivity contribution in [2.45, 2.75) is 19.0 Å². The molecule has 0 aromatic heterocycles. The van der Waals surface area contributed by atoms with Crippen molar-refractivity contribution in [3.8, 4) is 0 Å². The van der Waals surface area contributed by atoms with Gasteiger partial charge in [-0.2, -0.15) is 13.2 Å². The minimum Gasteiger partial charge on any atom is -0.481 e. The molecule has 0 bridgehead atoms. The van der Waals surface area contributed by atoms with Crippen molar-refractivity contribution in [2.24, 2.45) is 5.92 Å². The zero-order valence-electron chi connectivity index (χ0n) is 12.8. The lowest BCUT2D eigenvalue weighted by atomic mass is 9.97. The summed E-state index contributed by atoms with van der Waals surface area (Å²) in [6.45, 7) is 0.0930. The van der Waals surface area contributed by atoms with Crippen LogP contribution in [0.25, 0.3) is 0 Å². The van der Waals surface area contributed by atoms with E-state index in [1.165, 1.54) is 0 Å². The van der Waals surface area contributed by atoms with Crippen LogP contribution < -0.4 is 5.32 Å². The van der Waals surface area contributed by atoms with Gasteiger partial charge in [0.2, 0.25) is 0 Å². The first kappa shape index (κ1) is 19.0. The van der Waals surface area contributed by atoms with E-state index >= 15 is 0 Å². The van der Waals surface area contributed by atoms with Crippen LogP contribution in [0, 0.1) is 5.92 Å². The highest BCUT2D eigenvalue weighted by Crippen LogP contribution is 2.36. The first-order valence-corrected chi connectivity index (χ1v) is 7.67. The lowest BCUT2D eigenvalue weighted by Crippen LogP contribution is -2.45. The molecule has 0 spiro atoms. The predicted molar refractivity (Wildman–Crippen MR) is 82.0 cm³/mol. The van der Waals surface area contributed by atoms with Gasteiger partial charge in [-0.1, -0.05) is 11.6 Å². The Bertz CT molecular complexity index is 701. The number of rotatable bonds is 2. The third-order valence-corrected chi connectivity index (χ3v) is 4.10. The second kappa shape index (κ2) is 7.30. The fourth-order valence-corrected chi connectivity index (χ4v) is 2.69. The molecule has 0 unspecified atom stereocenters. The number of piperidine rings is 1. The van der Waals surface area contributed by atoms with E-state index in [-0.39, 0.29) is 31.0 Å². The van der Waals surface area contributed by atoms with Gasteiger partial charge < -0.3 is 15.3 Å². The molecule has 136 valence electrons. The lowest BCUT2D eigenvalue weighted by molar-refractivity contribution is -0.148. The second-order valence-corrected chi connectivity index (χ2v) is 5.98. The van der Waals surface area contributed by atoms with E-state index in [0.29, 0.717) is 6.07 Å². The monoisotopic (exact) mass is 378 g/mol. The molecule has 0 atom stereocenters. The van der Waals surface area contributed by atoms with E-state index in [1.54, 1.807) is 0 Å². The van der Waals surface area contributed by atoms with Gasteiger partial charge in [0.15, 0.2) is 0 Å². The number of hydrogen-bond donors (Lipinski definition) is 2. The third-order valence-electron chi connectivity index (χ3n) is 3.86. The number of carboxylic acid groups (broad SMARTS) is 1. The summed E-state index contributed by atoms with van der Waals surface area (Å²) in [6.07, 6.45) is -4.37. The van der Waals surface area contributed by atoms with Crippen LogP contribution in [0.1, 0.15) is 18.4 Å². The number of anilines is 1. The summed E-state index contributed by atoms with van der Waals surface area (Å²) in [7, 11) is 0. The van der Waals surface area contributed by atoms with E-state index in [9.17, 15) is 27.6 Å². The SMILES string of the molecule is O=C(Nc1cc(Cl)ccc1C(F)(F)F)C(=O)N1CCC(C(=O)O)CC1. The van der Waals surface area contributed by atoms with Gasteiger partial charge in [-0.3, -0.25) is 14.4 Å². The van der Waals surface area contributed by atoms with Gasteiger partial charge in [-0.05, 0) is 31.0 Å². The number of alkyl halides is 3. The van der Waals surface area contributed by atoms with Crippen LogP contribution in [-0.4, -0.2) is 40.9 Å². The molecule has 25 heavy (non-hydrogen) atoms. The molecule has 10 heteroatoms. The molecule has 0 radical (unpaired) electrons. The number of carboxylic acids is 1. The number of nitrogens with zero attached hydrogens (tertiary/aromatic N) is 1. The van der Waals surface area contributed by atoms with Crippen molar-refractivity contribution < 1.29 is 32.7 Å². The van der Waals surface area contributed by atoms with Crippen LogP contribution in [0.4, 0.5) is 18.9 Å². The van der Waals surface area contributed by atoms with Gasteiger partial charge in [-0.15, -0.1) is 0 Å². The quantitative estimate of drug-likeness (QED) is 0.774. The number of aliphatic carboxylic acids is 1. The zero-order valence-corrected chi connectivity index (χ0v) is 13.5. The summed E-state index contributed by atoms with van der Waals surface area (Å²) in [4.78, 5) is 36.1. The molecule has 0 saturated carbocycles. The number of carbonyl (C=O) groups excluding carboxylic acids is 2. The number of carbonyl (C=O) groups is 3. The minimum atomic E-state index is -4.73. The minimum absolute atomic E-state index is 0.0296. The molecule has 2 N–H and O–H groups in total. The average Bonchev–Trinajstić information content (AvgIpc) is 2.53. The van der Waals surface area contributed by atoms with Crippen LogP contribution in [0.15, 0.2) is 18.2 Å². The Balaban J connectivity index is 2.09. The first-order chi connectivity index (χ1) is 11.6. The van der Waals surface area contributed by atoms with E-state index in [4.69, 9.17) is 16.7 Å². The third kappa shape index (κ3) is 4.62. The van der Waals surface area contributed by atoms with E-state index in [0.717, 1.165) is 17.0 Å². The van der Waals surface area contributed by atoms with Crippen LogP contribution in [0.3, 0.4) is 0 Å². The van der Waals surface area contributed by atoms with Crippen molar-refractivity contribution in [1.29, 1.82) is 0 Å². The molecule has 1 aliphatic rings. The van der Waals surface area contributed by atoms with Gasteiger partial charge in [0.25, 0.3) is 0 Å². The molecular formula is C15H14ClF3N2O4. The summed E-state index contributed by atoms with van der Waals surface area (Å²) in [5, 5.41) is 10.8. The summed E-state index contributed by atoms with van der Waals surface area (Å²) in [5.41, 5.74) is -1.73. The summed E-state index contributed by atoms with van der Waals surface area (Å²) in [5.74, 6) is -3.83. The number of nitrogens with one attached hydrogen (secondary N) is 1. The molecule has 2 amide bonds. The van der Waals surface area contributed by atoms with E-state index in [2.05, 4.69) is 0 Å². The number of amides is 2. The zero-order chi connectivity index (χ0) is 18.8. The largest absolute Gasteiger partial charge is 0.481 e. The highest BCUT2D eigenvalue weighted by atomic mass is 35.5. The number of benzene rings is 1. The molecule has 1 aliphatic heterocycles. The Hall–Kier alpha value is -2.29. The number of hydrogen-bond acceptors (Lipinski definition) is 3.